The molecule has 4 rings (SSSR count). The van der Waals surface area contributed by atoms with Crippen LogP contribution in [-0.2, 0) is 16.0 Å². The zero-order valence-corrected chi connectivity index (χ0v) is 14.9. The molecule has 3 heterocycles. The van der Waals surface area contributed by atoms with Gasteiger partial charge in [-0.3, -0.25) is 0 Å². The number of aromatic nitrogens is 3. The number of rotatable bonds is 5. The minimum Gasteiger partial charge on any atom is -0.346 e. The van der Waals surface area contributed by atoms with E-state index in [0.717, 1.165) is 27.2 Å². The lowest BCUT2D eigenvalue weighted by Crippen LogP contribution is -1.98. The third-order valence-electron chi connectivity index (χ3n) is 4.06. The van der Waals surface area contributed by atoms with Crippen LogP contribution in [0, 0.1) is 12.3 Å². The molecule has 3 aromatic rings. The van der Waals surface area contributed by atoms with E-state index in [1.807, 2.05) is 42.1 Å². The van der Waals surface area contributed by atoms with Crippen LogP contribution < -0.4 is 0 Å². The minimum absolute atomic E-state index is 0.275. The van der Waals surface area contributed by atoms with Crippen LogP contribution in [0.2, 0.25) is 0 Å². The maximum absolute atomic E-state index is 5.56. The van der Waals surface area contributed by atoms with Crippen molar-refractivity contribution < 1.29 is 9.47 Å². The summed E-state index contributed by atoms with van der Waals surface area (Å²) in [6.45, 7) is 1.98. The Morgan fingerprint density at radius 3 is 3.00 bits per heavy atom. The van der Waals surface area contributed by atoms with E-state index in [9.17, 15) is 0 Å². The molecule has 6 heteroatoms. The van der Waals surface area contributed by atoms with Crippen molar-refractivity contribution in [1.82, 2.24) is 14.5 Å². The van der Waals surface area contributed by atoms with E-state index in [4.69, 9.17) is 15.9 Å². The zero-order chi connectivity index (χ0) is 17.8. The summed E-state index contributed by atoms with van der Waals surface area (Å²) in [5.41, 5.74) is 3.78. The summed E-state index contributed by atoms with van der Waals surface area (Å²) in [6, 6.07) is 6.10. The molecule has 0 amide bonds. The fraction of sp³-hybridized carbons (Fsp3) is 0.200. The fourth-order valence-corrected chi connectivity index (χ4v) is 3.43. The largest absolute Gasteiger partial charge is 0.346 e. The van der Waals surface area contributed by atoms with Gasteiger partial charge in [-0.25, -0.2) is 9.97 Å². The monoisotopic (exact) mass is 363 g/mol. The number of thiazole rings is 1. The molecule has 5 nitrogen and oxygen atoms in total. The van der Waals surface area contributed by atoms with E-state index in [0.29, 0.717) is 19.8 Å². The molecule has 26 heavy (non-hydrogen) atoms. The van der Waals surface area contributed by atoms with E-state index < -0.39 is 0 Å². The summed E-state index contributed by atoms with van der Waals surface area (Å²) in [5.74, 6) is 2.68. The van der Waals surface area contributed by atoms with Gasteiger partial charge in [0, 0.05) is 23.7 Å². The van der Waals surface area contributed by atoms with Crippen LogP contribution in [-0.4, -0.2) is 27.7 Å². The molecule has 0 spiro atoms. The number of imidazole rings is 1. The molecule has 1 fully saturated rings. The van der Waals surface area contributed by atoms with Gasteiger partial charge < -0.3 is 14.0 Å². The minimum atomic E-state index is -0.275. The van der Waals surface area contributed by atoms with Crippen LogP contribution >= 0.6 is 11.3 Å². The first-order valence-corrected chi connectivity index (χ1v) is 9.14. The molecule has 0 radical (unpaired) electrons. The second-order valence-electron chi connectivity index (χ2n) is 5.71. The van der Waals surface area contributed by atoms with Gasteiger partial charge in [0.25, 0.3) is 0 Å². The Morgan fingerprint density at radius 1 is 1.35 bits per heavy atom. The molecule has 0 aliphatic carbocycles. The van der Waals surface area contributed by atoms with Gasteiger partial charge in [0.1, 0.15) is 5.01 Å². The summed E-state index contributed by atoms with van der Waals surface area (Å²) in [4.78, 5) is 8.72. The zero-order valence-electron chi connectivity index (χ0n) is 14.0. The van der Waals surface area contributed by atoms with E-state index >= 15 is 0 Å². The van der Waals surface area contributed by atoms with E-state index in [-0.39, 0.29) is 6.29 Å². The molecule has 1 aromatic carbocycles. The van der Waals surface area contributed by atoms with Gasteiger partial charge in [0.05, 0.1) is 36.1 Å². The van der Waals surface area contributed by atoms with Crippen molar-refractivity contribution in [2.24, 2.45) is 0 Å². The molecular formula is C20H17N3O2S. The number of allylic oxidation sites excluding steroid dienone is 4. The Morgan fingerprint density at radius 2 is 2.23 bits per heavy atom. The Labute approximate surface area is 155 Å². The molecule has 1 aliphatic rings. The Balaban J connectivity index is 1.48. The number of terminal acetylenes is 1. The highest BCUT2D eigenvalue weighted by Gasteiger charge is 2.18. The number of nitrogens with zero attached hydrogens (tertiary/aromatic N) is 3. The number of fused-ring (bicyclic) bond motifs is 1. The third kappa shape index (κ3) is 3.46. The van der Waals surface area contributed by atoms with Crippen molar-refractivity contribution in [3.8, 4) is 12.3 Å². The number of hydrogen-bond acceptors (Lipinski definition) is 5. The quantitative estimate of drug-likeness (QED) is 0.511. The highest BCUT2D eigenvalue weighted by Crippen LogP contribution is 2.26. The third-order valence-corrected chi connectivity index (χ3v) is 4.86. The first-order valence-electron chi connectivity index (χ1n) is 8.26. The second-order valence-corrected chi connectivity index (χ2v) is 6.60. The molecule has 1 saturated heterocycles. The summed E-state index contributed by atoms with van der Waals surface area (Å²) in [6.07, 6.45) is 14.8. The average molecular weight is 363 g/mol. The summed E-state index contributed by atoms with van der Waals surface area (Å²) in [5, 5.41) is 2.77. The molecule has 1 aliphatic heterocycles. The lowest BCUT2D eigenvalue weighted by Gasteiger charge is -2.09. The average Bonchev–Trinajstić information content (AvgIpc) is 3.43. The highest BCUT2D eigenvalue weighted by atomic mass is 32.1. The lowest BCUT2D eigenvalue weighted by atomic mass is 10.2. The predicted molar refractivity (Wildman–Crippen MR) is 102 cm³/mol. The summed E-state index contributed by atoms with van der Waals surface area (Å²) >= 11 is 1.53. The van der Waals surface area contributed by atoms with Gasteiger partial charge in [-0.15, -0.1) is 17.8 Å². The van der Waals surface area contributed by atoms with Crippen LogP contribution in [0.3, 0.4) is 0 Å². The Kier molecular flexibility index (Phi) is 4.93. The van der Waals surface area contributed by atoms with Crippen LogP contribution in [0.4, 0.5) is 0 Å². The van der Waals surface area contributed by atoms with Gasteiger partial charge in [0.15, 0.2) is 6.29 Å². The van der Waals surface area contributed by atoms with Crippen molar-refractivity contribution in [3.05, 3.63) is 64.9 Å². The standard InChI is InChI=1S/C20H17N3O2S/c1-2-15(19-21-8-12-26-19)5-3-4-9-23-14-22-17-13-16(6-7-18(17)23)20-24-10-11-25-20/h1,3-8,12-14,20H,9-11H2/b4-3-,15-5+. The smallest absolute Gasteiger partial charge is 0.184 e. The van der Waals surface area contributed by atoms with Crippen LogP contribution in [0.1, 0.15) is 16.9 Å². The molecule has 130 valence electrons. The van der Waals surface area contributed by atoms with Crippen molar-refractivity contribution in [3.63, 3.8) is 0 Å². The lowest BCUT2D eigenvalue weighted by molar-refractivity contribution is -0.0440. The normalized spacial score (nSPS) is 15.9. The van der Waals surface area contributed by atoms with Crippen molar-refractivity contribution in [1.29, 1.82) is 0 Å². The van der Waals surface area contributed by atoms with Gasteiger partial charge in [-0.2, -0.15) is 0 Å². The Hall–Kier alpha value is -2.72. The number of ether oxygens (including phenoxy) is 2. The number of benzene rings is 1. The van der Waals surface area contributed by atoms with Crippen LogP contribution in [0.25, 0.3) is 16.6 Å². The van der Waals surface area contributed by atoms with Gasteiger partial charge in [-0.05, 0) is 18.2 Å². The van der Waals surface area contributed by atoms with E-state index in [1.54, 1.807) is 6.20 Å². The van der Waals surface area contributed by atoms with Gasteiger partial charge in [-0.1, -0.05) is 24.1 Å². The van der Waals surface area contributed by atoms with Gasteiger partial charge >= 0.3 is 0 Å². The first kappa shape index (κ1) is 16.7. The van der Waals surface area contributed by atoms with E-state index in [2.05, 4.69) is 26.5 Å². The molecule has 2 aromatic heterocycles. The molecule has 0 bridgehead atoms. The predicted octanol–water partition coefficient (Wildman–Crippen LogP) is 3.81. The maximum atomic E-state index is 5.56. The first-order chi connectivity index (χ1) is 12.8. The second kappa shape index (κ2) is 7.67. The summed E-state index contributed by atoms with van der Waals surface area (Å²) < 4.78 is 13.2. The van der Waals surface area contributed by atoms with Gasteiger partial charge in [0.2, 0.25) is 0 Å². The Bertz CT molecular complexity index is 990. The summed E-state index contributed by atoms with van der Waals surface area (Å²) in [7, 11) is 0. The molecular weight excluding hydrogens is 346 g/mol. The maximum Gasteiger partial charge on any atom is 0.184 e. The van der Waals surface area contributed by atoms with E-state index in [1.165, 1.54) is 11.3 Å². The fourth-order valence-electron chi connectivity index (χ4n) is 2.80. The SMILES string of the molecule is C#C/C(=C\C=C/Cn1cnc2cc(C3OCCO3)ccc21)c1nccs1. The molecule has 0 atom stereocenters. The molecule has 0 unspecified atom stereocenters. The van der Waals surface area contributed by atoms with Crippen molar-refractivity contribution in [2.45, 2.75) is 12.8 Å². The van der Waals surface area contributed by atoms with Crippen LogP contribution in [0.5, 0.6) is 0 Å². The topological polar surface area (TPSA) is 49.2 Å². The van der Waals surface area contributed by atoms with Crippen molar-refractivity contribution >= 4 is 27.9 Å². The number of hydrogen-bond donors (Lipinski definition) is 0. The van der Waals surface area contributed by atoms with Crippen LogP contribution in [0.15, 0.2) is 54.3 Å². The molecule has 0 N–H and O–H groups in total. The molecule has 0 saturated carbocycles. The highest BCUT2D eigenvalue weighted by molar-refractivity contribution is 7.10. The van der Waals surface area contributed by atoms with Crippen molar-refractivity contribution in [2.75, 3.05) is 13.2 Å².